The minimum atomic E-state index is -4.01. The second-order valence-electron chi connectivity index (χ2n) is 8.11. The summed E-state index contributed by atoms with van der Waals surface area (Å²) in [5.74, 6) is -1.78. The first-order valence-electron chi connectivity index (χ1n) is 12.0. The van der Waals surface area contributed by atoms with Crippen LogP contribution in [0.15, 0.2) is 52.4 Å². The van der Waals surface area contributed by atoms with E-state index in [-0.39, 0.29) is 59.9 Å². The van der Waals surface area contributed by atoms with Crippen LogP contribution in [0.25, 0.3) is 10.2 Å². The molecule has 0 aliphatic carbocycles. The number of nitriles is 2. The zero-order chi connectivity index (χ0) is 29.3. The summed E-state index contributed by atoms with van der Waals surface area (Å²) in [5.41, 5.74) is 0.927. The van der Waals surface area contributed by atoms with Crippen molar-refractivity contribution in [2.24, 2.45) is 4.99 Å². The average molecular weight is 584 g/mol. The summed E-state index contributed by atoms with van der Waals surface area (Å²) >= 11 is 1.08. The molecule has 0 fully saturated rings. The molecule has 0 bridgehead atoms. The van der Waals surface area contributed by atoms with Crippen molar-refractivity contribution in [3.05, 3.63) is 58.4 Å². The highest BCUT2D eigenvalue weighted by atomic mass is 32.2. The van der Waals surface area contributed by atoms with E-state index in [2.05, 4.69) is 4.99 Å². The summed E-state index contributed by atoms with van der Waals surface area (Å²) in [6.45, 7) is 1.47. The first-order valence-corrected chi connectivity index (χ1v) is 14.2. The predicted molar refractivity (Wildman–Crippen MR) is 143 cm³/mol. The third-order valence-corrected chi connectivity index (χ3v) is 8.53. The van der Waals surface area contributed by atoms with Gasteiger partial charge in [0.1, 0.15) is 6.54 Å². The van der Waals surface area contributed by atoms with Crippen molar-refractivity contribution in [1.82, 2.24) is 8.87 Å². The van der Waals surface area contributed by atoms with Crippen molar-refractivity contribution >= 4 is 49.4 Å². The fourth-order valence-electron chi connectivity index (χ4n) is 3.66. The predicted octanol–water partition coefficient (Wildman–Crippen LogP) is 2.61. The molecule has 1 aromatic heterocycles. The molecule has 0 saturated carbocycles. The van der Waals surface area contributed by atoms with Gasteiger partial charge >= 0.3 is 11.9 Å². The quantitative estimate of drug-likeness (QED) is 0.308. The molecular formula is C26H25N5O7S2. The van der Waals surface area contributed by atoms with E-state index in [1.807, 2.05) is 12.1 Å². The van der Waals surface area contributed by atoms with E-state index in [1.165, 1.54) is 42.0 Å². The number of thiazole rings is 1. The number of fused-ring (bicyclic) bond motifs is 1. The van der Waals surface area contributed by atoms with E-state index >= 15 is 0 Å². The first-order chi connectivity index (χ1) is 19.2. The largest absolute Gasteiger partial charge is 0.465 e. The van der Waals surface area contributed by atoms with E-state index in [1.54, 1.807) is 19.1 Å². The first kappa shape index (κ1) is 30.2. The molecule has 2 aromatic carbocycles. The Kier molecular flexibility index (Phi) is 10.3. The number of nitrogens with zero attached hydrogens (tertiary/aromatic N) is 5. The summed E-state index contributed by atoms with van der Waals surface area (Å²) in [6.07, 6.45) is -0.0790. The fourth-order valence-corrected chi connectivity index (χ4v) is 6.17. The maximum atomic E-state index is 13.1. The summed E-state index contributed by atoms with van der Waals surface area (Å²) in [5, 5.41) is 17.7. The number of esters is 2. The summed E-state index contributed by atoms with van der Waals surface area (Å²) in [6, 6.07) is 13.6. The van der Waals surface area contributed by atoms with Gasteiger partial charge in [-0.2, -0.15) is 19.8 Å². The Morgan fingerprint density at radius 1 is 1.02 bits per heavy atom. The highest BCUT2D eigenvalue weighted by Crippen LogP contribution is 2.21. The van der Waals surface area contributed by atoms with Crippen LogP contribution in [0.1, 0.15) is 40.5 Å². The maximum Gasteiger partial charge on any atom is 0.337 e. The Hall–Kier alpha value is -4.37. The van der Waals surface area contributed by atoms with E-state index < -0.39 is 27.9 Å². The summed E-state index contributed by atoms with van der Waals surface area (Å²) in [4.78, 5) is 41.5. The zero-order valence-corrected chi connectivity index (χ0v) is 23.3. The van der Waals surface area contributed by atoms with Crippen molar-refractivity contribution in [3.8, 4) is 12.1 Å². The van der Waals surface area contributed by atoms with Crippen LogP contribution in [-0.4, -0.2) is 61.9 Å². The SMILES string of the molecule is CCOC(=O)Cn1c(=NC(=O)c2ccc(S(=O)(=O)N(CCC#N)CCC#N)cc2)sc2cc(C(=O)OC)ccc21. The molecule has 3 rings (SSSR count). The molecule has 208 valence electrons. The molecule has 0 aliphatic rings. The van der Waals surface area contributed by atoms with Gasteiger partial charge in [0.15, 0.2) is 4.80 Å². The van der Waals surface area contributed by atoms with Crippen LogP contribution in [0.5, 0.6) is 0 Å². The number of rotatable bonds is 11. The van der Waals surface area contributed by atoms with Crippen LogP contribution in [-0.2, 0) is 30.8 Å². The summed E-state index contributed by atoms with van der Waals surface area (Å²) in [7, 11) is -2.75. The third-order valence-electron chi connectivity index (χ3n) is 5.58. The number of sulfonamides is 1. The number of hydrogen-bond donors (Lipinski definition) is 0. The van der Waals surface area contributed by atoms with Crippen LogP contribution in [0, 0.1) is 22.7 Å². The number of methoxy groups -OCH3 is 1. The second-order valence-corrected chi connectivity index (χ2v) is 11.1. The molecule has 14 heteroatoms. The molecule has 0 N–H and O–H groups in total. The van der Waals surface area contributed by atoms with Crippen LogP contribution < -0.4 is 4.80 Å². The molecule has 0 saturated heterocycles. The van der Waals surface area contributed by atoms with Gasteiger partial charge in [-0.3, -0.25) is 9.59 Å². The molecule has 0 aliphatic heterocycles. The number of aromatic nitrogens is 1. The molecule has 3 aromatic rings. The summed E-state index contributed by atoms with van der Waals surface area (Å²) < 4.78 is 39.0. The molecule has 12 nitrogen and oxygen atoms in total. The highest BCUT2D eigenvalue weighted by molar-refractivity contribution is 7.89. The van der Waals surface area contributed by atoms with Gasteiger partial charge < -0.3 is 14.0 Å². The number of amides is 1. The third kappa shape index (κ3) is 6.98. The van der Waals surface area contributed by atoms with E-state index in [0.29, 0.717) is 10.2 Å². The van der Waals surface area contributed by atoms with Crippen molar-refractivity contribution < 1.29 is 32.3 Å². The van der Waals surface area contributed by atoms with Gasteiger partial charge in [0.05, 0.1) is 46.5 Å². The molecule has 0 spiro atoms. The normalized spacial score (nSPS) is 11.7. The number of benzene rings is 2. The lowest BCUT2D eigenvalue weighted by Gasteiger charge is -2.20. The number of hydrogen-bond acceptors (Lipinski definition) is 10. The maximum absolute atomic E-state index is 13.1. The second kappa shape index (κ2) is 13.6. The van der Waals surface area contributed by atoms with Gasteiger partial charge in [-0.05, 0) is 49.4 Å². The highest BCUT2D eigenvalue weighted by Gasteiger charge is 2.24. The fraction of sp³-hybridized carbons (Fsp3) is 0.308. The average Bonchev–Trinajstić information content (AvgIpc) is 3.28. The standard InChI is InChI=1S/C26H25N5O7S2/c1-3-38-23(32)17-31-21-11-8-19(25(34)37-2)16-22(21)39-26(31)29-24(33)18-6-9-20(10-7-18)40(35,36)30(14-4-12-27)15-5-13-28/h6-11,16H,3-5,14-15,17H2,1-2H3. The van der Waals surface area contributed by atoms with Gasteiger partial charge in [0.2, 0.25) is 10.0 Å². The van der Waals surface area contributed by atoms with E-state index in [0.717, 1.165) is 15.6 Å². The Balaban J connectivity index is 1.99. The molecule has 40 heavy (non-hydrogen) atoms. The van der Waals surface area contributed by atoms with Crippen molar-refractivity contribution in [2.75, 3.05) is 26.8 Å². The Bertz CT molecular complexity index is 1660. The Morgan fingerprint density at radius 3 is 2.23 bits per heavy atom. The molecule has 1 amide bonds. The molecule has 0 radical (unpaired) electrons. The zero-order valence-electron chi connectivity index (χ0n) is 21.7. The van der Waals surface area contributed by atoms with Crippen molar-refractivity contribution in [1.29, 1.82) is 10.5 Å². The van der Waals surface area contributed by atoms with Crippen LogP contribution in [0.3, 0.4) is 0 Å². The van der Waals surface area contributed by atoms with Crippen molar-refractivity contribution in [3.63, 3.8) is 0 Å². The minimum Gasteiger partial charge on any atom is -0.465 e. The molecular weight excluding hydrogens is 558 g/mol. The molecule has 0 atom stereocenters. The smallest absolute Gasteiger partial charge is 0.337 e. The topological polar surface area (TPSA) is 172 Å². The van der Waals surface area contributed by atoms with Crippen molar-refractivity contribution in [2.45, 2.75) is 31.2 Å². The van der Waals surface area contributed by atoms with Crippen LogP contribution in [0.2, 0.25) is 0 Å². The van der Waals surface area contributed by atoms with E-state index in [9.17, 15) is 22.8 Å². The van der Waals surface area contributed by atoms with Gasteiger partial charge in [-0.25, -0.2) is 13.2 Å². The van der Waals surface area contributed by atoms with Gasteiger partial charge in [-0.15, -0.1) is 0 Å². The molecule has 1 heterocycles. The van der Waals surface area contributed by atoms with Gasteiger partial charge in [0, 0.05) is 31.5 Å². The lowest BCUT2D eigenvalue weighted by Crippen LogP contribution is -2.32. The van der Waals surface area contributed by atoms with Crippen LogP contribution >= 0.6 is 11.3 Å². The lowest BCUT2D eigenvalue weighted by molar-refractivity contribution is -0.143. The van der Waals surface area contributed by atoms with Gasteiger partial charge in [0.25, 0.3) is 5.91 Å². The lowest BCUT2D eigenvalue weighted by atomic mass is 10.2. The number of carbonyl (C=O) groups excluding carboxylic acids is 3. The minimum absolute atomic E-state index is 0.0395. The molecule has 0 unspecified atom stereocenters. The number of ether oxygens (including phenoxy) is 2. The van der Waals surface area contributed by atoms with Crippen LogP contribution in [0.4, 0.5) is 0 Å². The van der Waals surface area contributed by atoms with E-state index in [4.69, 9.17) is 20.0 Å². The number of carbonyl (C=O) groups is 3. The Labute approximate surface area is 234 Å². The monoisotopic (exact) mass is 583 g/mol. The Morgan fingerprint density at radius 2 is 1.65 bits per heavy atom. The van der Waals surface area contributed by atoms with Gasteiger partial charge in [-0.1, -0.05) is 11.3 Å².